The van der Waals surface area contributed by atoms with E-state index in [1.807, 2.05) is 0 Å². The third-order valence-electron chi connectivity index (χ3n) is 4.74. The van der Waals surface area contributed by atoms with Gasteiger partial charge < -0.3 is 19.5 Å². The van der Waals surface area contributed by atoms with Crippen LogP contribution in [0.1, 0.15) is 50.9 Å². The molecule has 1 aromatic carbocycles. The summed E-state index contributed by atoms with van der Waals surface area (Å²) in [6.45, 7) is 2.22. The summed E-state index contributed by atoms with van der Waals surface area (Å²) >= 11 is 6.82. The molecule has 1 aromatic heterocycles. The lowest BCUT2D eigenvalue weighted by Gasteiger charge is -2.13. The molecule has 2 aromatic rings. The van der Waals surface area contributed by atoms with E-state index in [4.69, 9.17) is 26.4 Å². The monoisotopic (exact) mass is 432 g/mol. The molecule has 9 heteroatoms. The van der Waals surface area contributed by atoms with Crippen molar-refractivity contribution in [2.75, 3.05) is 18.7 Å². The lowest BCUT2D eigenvalue weighted by atomic mass is 9.95. The van der Waals surface area contributed by atoms with Gasteiger partial charge in [-0.3, -0.25) is 10.1 Å². The molecular formula is C20H20N2O5S2. The first-order valence-corrected chi connectivity index (χ1v) is 10.6. The van der Waals surface area contributed by atoms with Gasteiger partial charge in [-0.05, 0) is 68.6 Å². The molecule has 0 saturated heterocycles. The van der Waals surface area contributed by atoms with Gasteiger partial charge in [0.1, 0.15) is 5.00 Å². The van der Waals surface area contributed by atoms with E-state index in [0.717, 1.165) is 31.2 Å². The predicted molar refractivity (Wildman–Crippen MR) is 113 cm³/mol. The number of carbonyl (C=O) groups excluding carboxylic acids is 2. The number of hydrogen-bond acceptors (Lipinski definition) is 7. The number of thiocarbonyl (C=S) groups is 1. The lowest BCUT2D eigenvalue weighted by molar-refractivity contribution is 0.0526. The number of esters is 1. The van der Waals surface area contributed by atoms with Gasteiger partial charge in [0.05, 0.1) is 12.2 Å². The highest BCUT2D eigenvalue weighted by Gasteiger charge is 2.27. The maximum Gasteiger partial charge on any atom is 0.341 e. The van der Waals surface area contributed by atoms with Gasteiger partial charge in [0.25, 0.3) is 5.91 Å². The molecule has 0 atom stereocenters. The van der Waals surface area contributed by atoms with Gasteiger partial charge in [-0.2, -0.15) is 0 Å². The van der Waals surface area contributed by atoms with E-state index >= 15 is 0 Å². The van der Waals surface area contributed by atoms with Gasteiger partial charge in [0.15, 0.2) is 16.6 Å². The van der Waals surface area contributed by atoms with E-state index < -0.39 is 0 Å². The number of benzene rings is 1. The van der Waals surface area contributed by atoms with Crippen LogP contribution in [-0.4, -0.2) is 30.4 Å². The summed E-state index contributed by atoms with van der Waals surface area (Å²) in [4.78, 5) is 26.2. The molecule has 1 amide bonds. The van der Waals surface area contributed by atoms with E-state index in [0.29, 0.717) is 34.2 Å². The Kier molecular flexibility index (Phi) is 5.68. The summed E-state index contributed by atoms with van der Waals surface area (Å²) in [7, 11) is 0. The number of anilines is 1. The topological polar surface area (TPSA) is 85.9 Å². The molecule has 152 valence electrons. The van der Waals surface area contributed by atoms with Gasteiger partial charge in [-0.15, -0.1) is 11.3 Å². The zero-order chi connectivity index (χ0) is 20.4. The van der Waals surface area contributed by atoms with Crippen LogP contribution in [-0.2, 0) is 17.6 Å². The third-order valence-corrected chi connectivity index (χ3v) is 6.15. The Morgan fingerprint density at radius 3 is 2.83 bits per heavy atom. The summed E-state index contributed by atoms with van der Waals surface area (Å²) in [5.74, 6) is 0.386. The molecule has 4 rings (SSSR count). The van der Waals surface area contributed by atoms with Crippen LogP contribution in [0.4, 0.5) is 5.00 Å². The lowest BCUT2D eigenvalue weighted by Crippen LogP contribution is -2.34. The Morgan fingerprint density at radius 1 is 1.21 bits per heavy atom. The van der Waals surface area contributed by atoms with Crippen LogP contribution in [0.5, 0.6) is 11.5 Å². The molecule has 0 spiro atoms. The molecule has 0 bridgehead atoms. The Labute approximate surface area is 177 Å². The summed E-state index contributed by atoms with van der Waals surface area (Å²) in [5.41, 5.74) is 1.97. The number of thiophene rings is 1. The van der Waals surface area contributed by atoms with E-state index in [1.165, 1.54) is 16.2 Å². The average molecular weight is 433 g/mol. The number of nitrogens with one attached hydrogen (secondary N) is 2. The molecule has 1 aliphatic heterocycles. The second-order valence-corrected chi connectivity index (χ2v) is 8.13. The van der Waals surface area contributed by atoms with Crippen LogP contribution in [0.25, 0.3) is 0 Å². The summed E-state index contributed by atoms with van der Waals surface area (Å²) < 4.78 is 15.8. The highest BCUT2D eigenvalue weighted by Crippen LogP contribution is 2.38. The van der Waals surface area contributed by atoms with E-state index in [9.17, 15) is 9.59 Å². The zero-order valence-corrected chi connectivity index (χ0v) is 17.5. The molecule has 2 aliphatic rings. The number of hydrogen-bond donors (Lipinski definition) is 2. The summed E-state index contributed by atoms with van der Waals surface area (Å²) in [6.07, 6.45) is 3.92. The van der Waals surface area contributed by atoms with Crippen molar-refractivity contribution in [3.05, 3.63) is 39.8 Å². The molecule has 0 radical (unpaired) electrons. The van der Waals surface area contributed by atoms with Gasteiger partial charge in [-0.25, -0.2) is 4.79 Å². The highest BCUT2D eigenvalue weighted by atomic mass is 32.1. The molecule has 2 N–H and O–H groups in total. The van der Waals surface area contributed by atoms with Crippen molar-refractivity contribution in [2.24, 2.45) is 0 Å². The van der Waals surface area contributed by atoms with Crippen molar-refractivity contribution >= 4 is 45.5 Å². The van der Waals surface area contributed by atoms with Gasteiger partial charge in [0, 0.05) is 10.4 Å². The Hall–Kier alpha value is -2.65. The summed E-state index contributed by atoms with van der Waals surface area (Å²) in [5, 5.41) is 6.41. The quantitative estimate of drug-likeness (QED) is 0.563. The maximum atomic E-state index is 12.5. The second-order valence-electron chi connectivity index (χ2n) is 6.61. The fraction of sp³-hybridized carbons (Fsp3) is 0.350. The van der Waals surface area contributed by atoms with Crippen molar-refractivity contribution in [3.8, 4) is 11.5 Å². The number of aryl methyl sites for hydroxylation is 1. The van der Waals surface area contributed by atoms with Crippen molar-refractivity contribution < 1.29 is 23.8 Å². The minimum absolute atomic E-state index is 0.122. The fourth-order valence-corrected chi connectivity index (χ4v) is 4.96. The normalized spacial score (nSPS) is 14.1. The fourth-order valence-electron chi connectivity index (χ4n) is 3.42. The Morgan fingerprint density at radius 2 is 2.00 bits per heavy atom. The number of fused-ring (bicyclic) bond motifs is 2. The Balaban J connectivity index is 1.50. The van der Waals surface area contributed by atoms with Crippen LogP contribution < -0.4 is 20.1 Å². The summed E-state index contributed by atoms with van der Waals surface area (Å²) in [6, 6.07) is 4.92. The van der Waals surface area contributed by atoms with Crippen LogP contribution in [0.3, 0.4) is 0 Å². The van der Waals surface area contributed by atoms with Gasteiger partial charge >= 0.3 is 5.97 Å². The average Bonchev–Trinajstić information content (AvgIpc) is 3.31. The smallest absolute Gasteiger partial charge is 0.341 e. The maximum absolute atomic E-state index is 12.5. The first-order valence-electron chi connectivity index (χ1n) is 9.40. The second kappa shape index (κ2) is 8.38. The minimum atomic E-state index is -0.375. The largest absolute Gasteiger partial charge is 0.462 e. The van der Waals surface area contributed by atoms with Crippen LogP contribution in [0, 0.1) is 0 Å². The first kappa shape index (κ1) is 19.7. The Bertz CT molecular complexity index is 985. The van der Waals surface area contributed by atoms with E-state index in [1.54, 1.807) is 25.1 Å². The highest BCUT2D eigenvalue weighted by molar-refractivity contribution is 7.80. The SMILES string of the molecule is CCOC(=O)c1c(NC(=S)NC(=O)c2ccc3c(c2)OCO3)sc2c1CCCC2. The minimum Gasteiger partial charge on any atom is -0.462 e. The first-order chi connectivity index (χ1) is 14.1. The van der Waals surface area contributed by atoms with Crippen molar-refractivity contribution in [1.29, 1.82) is 0 Å². The van der Waals surface area contributed by atoms with Gasteiger partial charge in [0.2, 0.25) is 6.79 Å². The number of ether oxygens (including phenoxy) is 3. The predicted octanol–water partition coefficient (Wildman–Crippen LogP) is 3.66. The molecule has 1 aliphatic carbocycles. The molecular weight excluding hydrogens is 412 g/mol. The van der Waals surface area contributed by atoms with Gasteiger partial charge in [-0.1, -0.05) is 0 Å². The van der Waals surface area contributed by atoms with Crippen LogP contribution >= 0.6 is 23.6 Å². The molecule has 2 heterocycles. The number of amides is 1. The number of carbonyl (C=O) groups is 2. The standard InChI is InChI=1S/C20H20N2O5S2/c1-2-25-19(24)16-12-5-3-4-6-15(12)29-18(16)22-20(28)21-17(23)11-7-8-13-14(9-11)27-10-26-13/h7-9H,2-6,10H2,1H3,(H2,21,22,23,28). The van der Waals surface area contributed by atoms with Crippen molar-refractivity contribution in [1.82, 2.24) is 5.32 Å². The number of rotatable bonds is 4. The molecule has 0 saturated carbocycles. The van der Waals surface area contributed by atoms with Crippen LogP contribution in [0.15, 0.2) is 18.2 Å². The van der Waals surface area contributed by atoms with E-state index in [2.05, 4.69) is 10.6 Å². The third kappa shape index (κ3) is 4.06. The van der Waals surface area contributed by atoms with Crippen molar-refractivity contribution in [2.45, 2.75) is 32.6 Å². The molecule has 7 nitrogen and oxygen atoms in total. The van der Waals surface area contributed by atoms with E-state index in [-0.39, 0.29) is 23.8 Å². The molecule has 0 unspecified atom stereocenters. The molecule has 29 heavy (non-hydrogen) atoms. The van der Waals surface area contributed by atoms with Crippen LogP contribution in [0.2, 0.25) is 0 Å². The van der Waals surface area contributed by atoms with Crippen molar-refractivity contribution in [3.63, 3.8) is 0 Å². The zero-order valence-electron chi connectivity index (χ0n) is 15.8. The molecule has 0 fully saturated rings.